The highest BCUT2D eigenvalue weighted by Crippen LogP contribution is 2.24. The van der Waals surface area contributed by atoms with Crippen molar-refractivity contribution in [2.45, 2.75) is 32.4 Å². The van der Waals surface area contributed by atoms with E-state index in [1.807, 2.05) is 6.92 Å². The third kappa shape index (κ3) is 4.88. The van der Waals surface area contributed by atoms with E-state index in [4.69, 9.17) is 10.5 Å². The van der Waals surface area contributed by atoms with Crippen molar-refractivity contribution in [3.05, 3.63) is 35.8 Å². The molecule has 0 aromatic carbocycles. The second kappa shape index (κ2) is 8.78. The van der Waals surface area contributed by atoms with E-state index in [9.17, 15) is 9.90 Å². The Balaban J connectivity index is 2.12. The number of pyridine rings is 1. The number of aldehydes is 1. The molecular formula is C16H21N5O3. The fourth-order valence-corrected chi connectivity index (χ4v) is 2.14. The van der Waals surface area contributed by atoms with Crippen molar-refractivity contribution >= 4 is 18.1 Å². The molecule has 0 saturated heterocycles. The van der Waals surface area contributed by atoms with E-state index in [0.717, 1.165) is 12.8 Å². The lowest BCUT2D eigenvalue weighted by Gasteiger charge is -2.18. The third-order valence-corrected chi connectivity index (χ3v) is 3.30. The van der Waals surface area contributed by atoms with Crippen LogP contribution in [0.1, 0.15) is 35.9 Å². The number of hydrogen-bond donors (Lipinski definition) is 3. The molecule has 0 saturated carbocycles. The number of carbonyl (C=O) groups excluding carboxylic acids is 1. The van der Waals surface area contributed by atoms with E-state index in [-0.39, 0.29) is 25.2 Å². The Morgan fingerprint density at radius 2 is 2.25 bits per heavy atom. The highest BCUT2D eigenvalue weighted by atomic mass is 16.5. The Morgan fingerprint density at radius 1 is 1.42 bits per heavy atom. The van der Waals surface area contributed by atoms with Gasteiger partial charge in [0.1, 0.15) is 12.3 Å². The predicted molar refractivity (Wildman–Crippen MR) is 89.8 cm³/mol. The molecule has 0 spiro atoms. The number of hydrogen-bond acceptors (Lipinski definition) is 8. The Kier molecular flexibility index (Phi) is 6.44. The first-order chi connectivity index (χ1) is 11.7. The summed E-state index contributed by atoms with van der Waals surface area (Å²) in [5, 5.41) is 12.5. The summed E-state index contributed by atoms with van der Waals surface area (Å²) in [6.07, 6.45) is 3.84. The quantitative estimate of drug-likeness (QED) is 0.589. The standard InChI is InChI=1S/C16H21N5O3/c1-2-4-11(8-22)20-15-14(7-18-16(17)21-15)24-10-13-6-3-5-12(9-23)19-13/h3,5-7,9,11,22H,2,4,8,10H2,1H3,(H3,17,18,20,21). The van der Waals surface area contributed by atoms with Gasteiger partial charge in [-0.1, -0.05) is 19.4 Å². The third-order valence-electron chi connectivity index (χ3n) is 3.30. The minimum absolute atomic E-state index is 0.0277. The van der Waals surface area contributed by atoms with Crippen LogP contribution >= 0.6 is 0 Å². The van der Waals surface area contributed by atoms with Gasteiger partial charge < -0.3 is 20.9 Å². The number of aromatic nitrogens is 3. The van der Waals surface area contributed by atoms with Gasteiger partial charge in [0.15, 0.2) is 17.9 Å². The summed E-state index contributed by atoms with van der Waals surface area (Å²) < 4.78 is 5.70. The van der Waals surface area contributed by atoms with Crippen molar-refractivity contribution in [2.24, 2.45) is 0 Å². The molecule has 0 aliphatic carbocycles. The van der Waals surface area contributed by atoms with E-state index in [1.54, 1.807) is 18.2 Å². The van der Waals surface area contributed by atoms with Gasteiger partial charge in [0.2, 0.25) is 5.95 Å². The number of nitrogens with zero attached hydrogens (tertiary/aromatic N) is 3. The minimum Gasteiger partial charge on any atom is -0.482 e. The van der Waals surface area contributed by atoms with E-state index in [0.29, 0.717) is 29.2 Å². The zero-order valence-electron chi connectivity index (χ0n) is 13.5. The summed E-state index contributed by atoms with van der Waals surface area (Å²) >= 11 is 0. The van der Waals surface area contributed by atoms with Gasteiger partial charge in [-0.2, -0.15) is 4.98 Å². The number of rotatable bonds is 9. The number of nitrogens with two attached hydrogens (primary N) is 1. The molecule has 4 N–H and O–H groups in total. The first-order valence-electron chi connectivity index (χ1n) is 7.70. The maximum Gasteiger partial charge on any atom is 0.222 e. The van der Waals surface area contributed by atoms with Crippen LogP contribution in [0, 0.1) is 0 Å². The molecule has 1 atom stereocenters. The molecule has 1 unspecified atom stereocenters. The van der Waals surface area contributed by atoms with E-state index in [2.05, 4.69) is 20.3 Å². The number of nitrogens with one attached hydrogen (secondary N) is 1. The average molecular weight is 331 g/mol. The Labute approximate surface area is 140 Å². The summed E-state index contributed by atoms with van der Waals surface area (Å²) in [5.74, 6) is 0.928. The lowest BCUT2D eigenvalue weighted by molar-refractivity contribution is 0.111. The molecule has 0 aliphatic heterocycles. The highest BCUT2D eigenvalue weighted by molar-refractivity contribution is 5.71. The van der Waals surface area contributed by atoms with Crippen molar-refractivity contribution in [2.75, 3.05) is 17.7 Å². The molecule has 24 heavy (non-hydrogen) atoms. The normalized spacial score (nSPS) is 11.8. The summed E-state index contributed by atoms with van der Waals surface area (Å²) in [4.78, 5) is 23.0. The predicted octanol–water partition coefficient (Wildman–Crippen LogP) is 1.42. The minimum atomic E-state index is -0.150. The van der Waals surface area contributed by atoms with Crippen LogP contribution in [0.2, 0.25) is 0 Å². The van der Waals surface area contributed by atoms with Gasteiger partial charge in [-0.25, -0.2) is 9.97 Å². The van der Waals surface area contributed by atoms with Crippen LogP contribution in [0.4, 0.5) is 11.8 Å². The monoisotopic (exact) mass is 331 g/mol. The number of carbonyl (C=O) groups is 1. The molecular weight excluding hydrogens is 310 g/mol. The van der Waals surface area contributed by atoms with Gasteiger partial charge in [-0.15, -0.1) is 0 Å². The van der Waals surface area contributed by atoms with Crippen LogP contribution in [0.5, 0.6) is 5.75 Å². The largest absolute Gasteiger partial charge is 0.482 e. The number of nitrogen functional groups attached to an aromatic ring is 1. The van der Waals surface area contributed by atoms with Gasteiger partial charge in [0, 0.05) is 0 Å². The molecule has 128 valence electrons. The fourth-order valence-electron chi connectivity index (χ4n) is 2.14. The topological polar surface area (TPSA) is 123 Å². The van der Waals surface area contributed by atoms with Gasteiger partial charge in [0.25, 0.3) is 0 Å². The van der Waals surface area contributed by atoms with Crippen molar-refractivity contribution < 1.29 is 14.6 Å². The molecule has 2 heterocycles. The van der Waals surface area contributed by atoms with Gasteiger partial charge in [-0.3, -0.25) is 4.79 Å². The van der Waals surface area contributed by atoms with Crippen molar-refractivity contribution in [3.8, 4) is 5.75 Å². The first kappa shape index (κ1) is 17.6. The molecule has 0 radical (unpaired) electrons. The molecule has 2 rings (SSSR count). The lowest BCUT2D eigenvalue weighted by atomic mass is 10.2. The van der Waals surface area contributed by atoms with Crippen LogP contribution in [0.15, 0.2) is 24.4 Å². The number of aliphatic hydroxyl groups is 1. The summed E-state index contributed by atoms with van der Waals surface area (Å²) in [5.41, 5.74) is 6.58. The van der Waals surface area contributed by atoms with E-state index >= 15 is 0 Å². The SMILES string of the molecule is CCCC(CO)Nc1nc(N)ncc1OCc1cccc(C=O)n1. The van der Waals surface area contributed by atoms with Crippen molar-refractivity contribution in [3.63, 3.8) is 0 Å². The molecule has 2 aromatic heterocycles. The fraction of sp³-hybridized carbons (Fsp3) is 0.375. The summed E-state index contributed by atoms with van der Waals surface area (Å²) in [7, 11) is 0. The number of aliphatic hydroxyl groups excluding tert-OH is 1. The van der Waals surface area contributed by atoms with Crippen LogP contribution in [0.3, 0.4) is 0 Å². The maximum absolute atomic E-state index is 10.8. The second-order valence-electron chi connectivity index (χ2n) is 5.21. The van der Waals surface area contributed by atoms with Gasteiger partial charge >= 0.3 is 0 Å². The number of anilines is 2. The Hall–Kier alpha value is -2.74. The molecule has 2 aromatic rings. The van der Waals surface area contributed by atoms with Gasteiger partial charge in [0.05, 0.1) is 24.5 Å². The van der Waals surface area contributed by atoms with E-state index in [1.165, 1.54) is 6.20 Å². The van der Waals surface area contributed by atoms with E-state index < -0.39 is 0 Å². The maximum atomic E-state index is 10.8. The zero-order valence-corrected chi connectivity index (χ0v) is 13.5. The Bertz CT molecular complexity index is 681. The smallest absolute Gasteiger partial charge is 0.222 e. The van der Waals surface area contributed by atoms with Crippen LogP contribution in [0.25, 0.3) is 0 Å². The molecule has 8 nitrogen and oxygen atoms in total. The Morgan fingerprint density at radius 3 is 2.96 bits per heavy atom. The molecule has 0 aliphatic rings. The van der Waals surface area contributed by atoms with Crippen LogP contribution in [-0.2, 0) is 6.61 Å². The molecule has 0 amide bonds. The van der Waals surface area contributed by atoms with Crippen molar-refractivity contribution in [1.29, 1.82) is 0 Å². The average Bonchev–Trinajstić information content (AvgIpc) is 2.60. The van der Waals surface area contributed by atoms with Crippen molar-refractivity contribution in [1.82, 2.24) is 15.0 Å². The van der Waals surface area contributed by atoms with Gasteiger partial charge in [-0.05, 0) is 18.6 Å². The van der Waals surface area contributed by atoms with Crippen LogP contribution < -0.4 is 15.8 Å². The van der Waals surface area contributed by atoms with Crippen LogP contribution in [-0.4, -0.2) is 39.0 Å². The second-order valence-corrected chi connectivity index (χ2v) is 5.21. The highest BCUT2D eigenvalue weighted by Gasteiger charge is 2.13. The molecule has 0 bridgehead atoms. The summed E-state index contributed by atoms with van der Waals surface area (Å²) in [6.45, 7) is 2.16. The summed E-state index contributed by atoms with van der Waals surface area (Å²) in [6, 6.07) is 4.96. The molecule has 8 heteroatoms. The first-order valence-corrected chi connectivity index (χ1v) is 7.70. The number of ether oxygens (including phenoxy) is 1. The lowest BCUT2D eigenvalue weighted by Crippen LogP contribution is -2.24. The zero-order chi connectivity index (χ0) is 17.4. The molecule has 0 fully saturated rings.